The summed E-state index contributed by atoms with van der Waals surface area (Å²) in [5, 5.41) is 25.1. The van der Waals surface area contributed by atoms with E-state index in [0.29, 0.717) is 12.0 Å². The van der Waals surface area contributed by atoms with Crippen molar-refractivity contribution in [2.75, 3.05) is 13.2 Å². The van der Waals surface area contributed by atoms with Crippen LogP contribution in [0.15, 0.2) is 48.5 Å². The second-order valence-electron chi connectivity index (χ2n) is 10.8. The van der Waals surface area contributed by atoms with Crippen LogP contribution in [0.2, 0.25) is 0 Å². The molecule has 2 heterocycles. The van der Waals surface area contributed by atoms with Gasteiger partial charge in [-0.15, -0.1) is 0 Å². The highest BCUT2D eigenvalue weighted by Crippen LogP contribution is 2.19. The molecule has 1 aliphatic heterocycles. The lowest BCUT2D eigenvalue weighted by atomic mass is 10.0. The molecule has 3 atom stereocenters. The summed E-state index contributed by atoms with van der Waals surface area (Å²) in [6.07, 6.45) is 0.260. The number of hydrogen-bond acceptors (Lipinski definition) is 7. The van der Waals surface area contributed by atoms with E-state index in [2.05, 4.69) is 26.4 Å². The fourth-order valence-corrected chi connectivity index (χ4v) is 4.95. The zero-order valence-corrected chi connectivity index (χ0v) is 24.8. The first kappa shape index (κ1) is 31.1. The van der Waals surface area contributed by atoms with Crippen LogP contribution in [-0.4, -0.2) is 69.8 Å². The number of phenolic OH excluding ortho intramolecular Hbond substituents is 1. The normalized spacial score (nSPS) is 19.6. The van der Waals surface area contributed by atoms with Gasteiger partial charge in [0, 0.05) is 25.7 Å². The number of aromatic nitrogens is 2. The Labute approximate surface area is 250 Å². The molecule has 4 rings (SSSR count). The minimum Gasteiger partial charge on any atom is -0.508 e. The van der Waals surface area contributed by atoms with Crippen molar-refractivity contribution >= 4 is 23.6 Å². The third-order valence-corrected chi connectivity index (χ3v) is 7.38. The van der Waals surface area contributed by atoms with E-state index in [4.69, 9.17) is 4.74 Å². The van der Waals surface area contributed by atoms with Gasteiger partial charge < -0.3 is 31.1 Å². The lowest BCUT2D eigenvalue weighted by Gasteiger charge is -2.25. The number of fused-ring (bicyclic) bond motifs is 1. The first-order valence-electron chi connectivity index (χ1n) is 14.2. The van der Waals surface area contributed by atoms with Gasteiger partial charge in [0.2, 0.25) is 17.7 Å². The molecule has 2 aromatic carbocycles. The molecule has 1 aromatic heterocycles. The molecule has 3 aromatic rings. The summed E-state index contributed by atoms with van der Waals surface area (Å²) in [4.78, 5) is 53.3. The maximum absolute atomic E-state index is 13.4. The third-order valence-electron chi connectivity index (χ3n) is 7.38. The van der Waals surface area contributed by atoms with Gasteiger partial charge in [-0.05, 0) is 62.6 Å². The van der Waals surface area contributed by atoms with Crippen LogP contribution < -0.4 is 26.0 Å². The number of para-hydroxylation sites is 1. The fraction of sp³-hybridized carbons (Fsp3) is 0.387. The van der Waals surface area contributed by atoms with Gasteiger partial charge in [-0.1, -0.05) is 24.3 Å². The minimum atomic E-state index is -1.23. The average Bonchev–Trinajstić information content (AvgIpc) is 3.21. The minimum absolute atomic E-state index is 0.0625. The van der Waals surface area contributed by atoms with E-state index in [0.717, 1.165) is 17.0 Å². The average molecular weight is 591 g/mol. The number of rotatable bonds is 6. The zero-order chi connectivity index (χ0) is 31.1. The van der Waals surface area contributed by atoms with Crippen molar-refractivity contribution in [2.45, 2.75) is 58.2 Å². The number of nitrogens with one attached hydrogen (secondary N) is 4. The van der Waals surface area contributed by atoms with Crippen molar-refractivity contribution in [1.82, 2.24) is 31.0 Å². The van der Waals surface area contributed by atoms with E-state index in [1.54, 1.807) is 48.0 Å². The number of benzene rings is 2. The summed E-state index contributed by atoms with van der Waals surface area (Å²) in [5.74, 6) is -1.78. The van der Waals surface area contributed by atoms with Crippen molar-refractivity contribution in [3.63, 3.8) is 0 Å². The second-order valence-corrected chi connectivity index (χ2v) is 10.8. The molecule has 5 N–H and O–H groups in total. The Morgan fingerprint density at radius 3 is 2.49 bits per heavy atom. The van der Waals surface area contributed by atoms with Crippen molar-refractivity contribution in [3.8, 4) is 11.5 Å². The number of phenols is 1. The second kappa shape index (κ2) is 13.9. The highest BCUT2D eigenvalue weighted by Gasteiger charge is 2.29. The van der Waals surface area contributed by atoms with Gasteiger partial charge in [-0.25, -0.2) is 0 Å². The van der Waals surface area contributed by atoms with Gasteiger partial charge in [-0.2, -0.15) is 5.10 Å². The van der Waals surface area contributed by atoms with Crippen molar-refractivity contribution in [3.05, 3.63) is 76.6 Å². The molecule has 0 fully saturated rings. The summed E-state index contributed by atoms with van der Waals surface area (Å²) in [5.41, 5.74) is 3.77. The molecule has 12 heteroatoms. The van der Waals surface area contributed by atoms with E-state index in [9.17, 15) is 24.3 Å². The molecule has 0 saturated carbocycles. The molecule has 0 radical (unpaired) electrons. The highest BCUT2D eigenvalue weighted by molar-refractivity contribution is 6.01. The van der Waals surface area contributed by atoms with Gasteiger partial charge in [0.15, 0.2) is 0 Å². The van der Waals surface area contributed by atoms with Crippen LogP contribution in [-0.2, 0) is 34.3 Å². The van der Waals surface area contributed by atoms with E-state index in [1.807, 2.05) is 20.9 Å². The monoisotopic (exact) mass is 590 g/mol. The molecule has 0 unspecified atom stereocenters. The fourth-order valence-electron chi connectivity index (χ4n) is 4.95. The maximum atomic E-state index is 13.4. The largest absolute Gasteiger partial charge is 0.508 e. The van der Waals surface area contributed by atoms with Crippen LogP contribution in [0.25, 0.3) is 0 Å². The Bertz CT molecular complexity index is 1480. The molecular weight excluding hydrogens is 552 g/mol. The third kappa shape index (κ3) is 8.12. The molecular formula is C31H38N6O6. The van der Waals surface area contributed by atoms with Crippen molar-refractivity contribution < 1.29 is 29.0 Å². The SMILES string of the molecule is Cc1nn(C)c(C)c1CCNC(=O)[C@@H]1CC(=O)N[C@@H](Cc2ccc(O)cc2)C(=O)N[C@H](C)COc2ccccc2C(=O)N1. The van der Waals surface area contributed by atoms with Crippen molar-refractivity contribution in [1.29, 1.82) is 0 Å². The molecule has 43 heavy (non-hydrogen) atoms. The number of amides is 4. The molecule has 0 saturated heterocycles. The zero-order valence-electron chi connectivity index (χ0n) is 24.8. The Hall–Kier alpha value is -4.87. The van der Waals surface area contributed by atoms with E-state index in [-0.39, 0.29) is 36.6 Å². The molecule has 1 aliphatic rings. The van der Waals surface area contributed by atoms with Crippen LogP contribution in [0.4, 0.5) is 0 Å². The quantitative estimate of drug-likeness (QED) is 0.288. The predicted molar refractivity (Wildman–Crippen MR) is 159 cm³/mol. The number of aromatic hydroxyl groups is 1. The molecule has 228 valence electrons. The number of aryl methyl sites for hydroxylation is 2. The predicted octanol–water partition coefficient (Wildman–Crippen LogP) is 1.21. The van der Waals surface area contributed by atoms with E-state index < -0.39 is 48.2 Å². The number of carbonyl (C=O) groups excluding carboxylic acids is 4. The molecule has 12 nitrogen and oxygen atoms in total. The Morgan fingerprint density at radius 2 is 1.79 bits per heavy atom. The summed E-state index contributed by atoms with van der Waals surface area (Å²) in [6, 6.07) is 10.2. The van der Waals surface area contributed by atoms with Crippen LogP contribution in [0.3, 0.4) is 0 Å². The molecule has 0 bridgehead atoms. The first-order chi connectivity index (χ1) is 20.5. The van der Waals surface area contributed by atoms with Gasteiger partial charge in [-0.3, -0.25) is 23.9 Å². The highest BCUT2D eigenvalue weighted by atomic mass is 16.5. The van der Waals surface area contributed by atoms with Gasteiger partial charge in [0.25, 0.3) is 5.91 Å². The topological polar surface area (TPSA) is 164 Å². The molecule has 4 amide bonds. The summed E-state index contributed by atoms with van der Waals surface area (Å²) in [7, 11) is 1.85. The van der Waals surface area contributed by atoms with Gasteiger partial charge >= 0.3 is 0 Å². The lowest BCUT2D eigenvalue weighted by molar-refractivity contribution is -0.131. The Morgan fingerprint density at radius 1 is 1.07 bits per heavy atom. The number of carbonyl (C=O) groups is 4. The van der Waals surface area contributed by atoms with E-state index in [1.165, 1.54) is 12.1 Å². The van der Waals surface area contributed by atoms with Crippen LogP contribution in [0.1, 0.15) is 46.2 Å². The molecule has 0 aliphatic carbocycles. The Kier molecular flexibility index (Phi) is 10.0. The van der Waals surface area contributed by atoms with Crippen LogP contribution >= 0.6 is 0 Å². The van der Waals surface area contributed by atoms with Gasteiger partial charge in [0.05, 0.1) is 23.7 Å². The number of hydrogen-bond donors (Lipinski definition) is 5. The number of ether oxygens (including phenoxy) is 1. The lowest BCUT2D eigenvalue weighted by Crippen LogP contribution is -2.54. The summed E-state index contributed by atoms with van der Waals surface area (Å²) in [6.45, 7) is 5.93. The molecule has 0 spiro atoms. The standard InChI is InChI=1S/C31H38N6O6/c1-18-17-43-27-8-6-5-7-24(27)29(40)35-26(30(41)32-14-13-23-19(2)36-37(4)20(23)3)16-28(39)34-25(31(42)33-18)15-21-9-11-22(38)12-10-21/h5-12,18,25-26,38H,13-17H2,1-4H3,(H,32,41)(H,33,42)(H,34,39)(H,35,40)/t18-,25+,26+/m1/s1. The first-order valence-corrected chi connectivity index (χ1v) is 14.2. The van der Waals surface area contributed by atoms with E-state index >= 15 is 0 Å². The van der Waals surface area contributed by atoms with Crippen LogP contribution in [0, 0.1) is 13.8 Å². The Balaban J connectivity index is 1.56. The maximum Gasteiger partial charge on any atom is 0.255 e. The van der Waals surface area contributed by atoms with Gasteiger partial charge in [0.1, 0.15) is 30.2 Å². The van der Waals surface area contributed by atoms with Crippen LogP contribution in [0.5, 0.6) is 11.5 Å². The summed E-state index contributed by atoms with van der Waals surface area (Å²) < 4.78 is 7.66. The smallest absolute Gasteiger partial charge is 0.255 e. The van der Waals surface area contributed by atoms with Crippen molar-refractivity contribution in [2.24, 2.45) is 7.05 Å². The summed E-state index contributed by atoms with van der Waals surface area (Å²) >= 11 is 0. The number of nitrogens with zero attached hydrogens (tertiary/aromatic N) is 2.